The summed E-state index contributed by atoms with van der Waals surface area (Å²) < 4.78 is 36.8. The molecule has 1 fully saturated rings. The molecule has 0 aliphatic carbocycles. The SMILES string of the molecule is CN=C(NCC(C)C)NC1CCN(CC(F)(F)F)C1. The summed E-state index contributed by atoms with van der Waals surface area (Å²) in [6.07, 6.45) is -3.41. The maximum Gasteiger partial charge on any atom is 0.401 e. The van der Waals surface area contributed by atoms with Gasteiger partial charge in [-0.25, -0.2) is 0 Å². The molecular weight excluding hydrogens is 257 g/mol. The van der Waals surface area contributed by atoms with Crippen molar-refractivity contribution in [2.24, 2.45) is 10.9 Å². The van der Waals surface area contributed by atoms with E-state index in [0.717, 1.165) is 6.54 Å². The molecule has 1 heterocycles. The summed E-state index contributed by atoms with van der Waals surface area (Å²) in [7, 11) is 1.66. The Morgan fingerprint density at radius 3 is 2.63 bits per heavy atom. The zero-order valence-electron chi connectivity index (χ0n) is 11.7. The summed E-state index contributed by atoms with van der Waals surface area (Å²) in [4.78, 5) is 5.50. The Balaban J connectivity index is 2.34. The Morgan fingerprint density at radius 2 is 2.11 bits per heavy atom. The number of nitrogens with one attached hydrogen (secondary N) is 2. The zero-order valence-corrected chi connectivity index (χ0v) is 11.7. The van der Waals surface area contributed by atoms with Gasteiger partial charge in [0.25, 0.3) is 0 Å². The lowest BCUT2D eigenvalue weighted by Gasteiger charge is -2.20. The van der Waals surface area contributed by atoms with Crippen molar-refractivity contribution >= 4 is 5.96 Å². The van der Waals surface area contributed by atoms with E-state index in [1.165, 1.54) is 4.90 Å². The molecule has 0 spiro atoms. The lowest BCUT2D eigenvalue weighted by Crippen LogP contribution is -2.46. The fourth-order valence-corrected chi connectivity index (χ4v) is 2.04. The van der Waals surface area contributed by atoms with Crippen molar-refractivity contribution in [1.29, 1.82) is 0 Å². The van der Waals surface area contributed by atoms with E-state index < -0.39 is 12.7 Å². The van der Waals surface area contributed by atoms with E-state index in [-0.39, 0.29) is 6.04 Å². The van der Waals surface area contributed by atoms with Crippen molar-refractivity contribution in [3.8, 4) is 0 Å². The molecule has 112 valence electrons. The summed E-state index contributed by atoms with van der Waals surface area (Å²) in [6, 6.07) is 0.0284. The van der Waals surface area contributed by atoms with E-state index in [2.05, 4.69) is 29.5 Å². The van der Waals surface area contributed by atoms with Gasteiger partial charge in [0, 0.05) is 32.7 Å². The fraction of sp³-hybridized carbons (Fsp3) is 0.917. The Hall–Kier alpha value is -0.980. The van der Waals surface area contributed by atoms with Crippen LogP contribution in [0, 0.1) is 5.92 Å². The molecule has 19 heavy (non-hydrogen) atoms. The van der Waals surface area contributed by atoms with E-state index in [0.29, 0.717) is 31.4 Å². The molecule has 4 nitrogen and oxygen atoms in total. The second-order valence-corrected chi connectivity index (χ2v) is 5.33. The van der Waals surface area contributed by atoms with E-state index in [9.17, 15) is 13.2 Å². The van der Waals surface area contributed by atoms with Crippen LogP contribution in [0.3, 0.4) is 0 Å². The van der Waals surface area contributed by atoms with Gasteiger partial charge in [0.2, 0.25) is 0 Å². The molecule has 1 aliphatic heterocycles. The maximum absolute atomic E-state index is 12.3. The number of hydrogen-bond acceptors (Lipinski definition) is 2. The van der Waals surface area contributed by atoms with Crippen molar-refractivity contribution in [1.82, 2.24) is 15.5 Å². The van der Waals surface area contributed by atoms with Crippen LogP contribution >= 0.6 is 0 Å². The third-order valence-electron chi connectivity index (χ3n) is 2.92. The molecule has 1 saturated heterocycles. The van der Waals surface area contributed by atoms with Gasteiger partial charge in [0.1, 0.15) is 0 Å². The molecule has 0 bridgehead atoms. The van der Waals surface area contributed by atoms with Crippen molar-refractivity contribution in [2.75, 3.05) is 33.2 Å². The largest absolute Gasteiger partial charge is 0.401 e. The van der Waals surface area contributed by atoms with Crippen LogP contribution in [0.4, 0.5) is 13.2 Å². The smallest absolute Gasteiger partial charge is 0.356 e. The van der Waals surface area contributed by atoms with Gasteiger partial charge < -0.3 is 10.6 Å². The quantitative estimate of drug-likeness (QED) is 0.605. The first-order valence-electron chi connectivity index (χ1n) is 6.56. The minimum atomic E-state index is -4.12. The first-order valence-corrected chi connectivity index (χ1v) is 6.56. The predicted molar refractivity (Wildman–Crippen MR) is 70.2 cm³/mol. The van der Waals surface area contributed by atoms with Gasteiger partial charge in [-0.3, -0.25) is 9.89 Å². The summed E-state index contributed by atoms with van der Waals surface area (Å²) in [6.45, 7) is 5.00. The molecule has 0 saturated carbocycles. The maximum atomic E-state index is 12.3. The van der Waals surface area contributed by atoms with Gasteiger partial charge in [-0.1, -0.05) is 13.8 Å². The summed E-state index contributed by atoms with van der Waals surface area (Å²) in [5.41, 5.74) is 0. The number of hydrogen-bond donors (Lipinski definition) is 2. The van der Waals surface area contributed by atoms with E-state index >= 15 is 0 Å². The topological polar surface area (TPSA) is 39.7 Å². The Bertz CT molecular complexity index is 302. The highest BCUT2D eigenvalue weighted by Crippen LogP contribution is 2.19. The van der Waals surface area contributed by atoms with Crippen molar-refractivity contribution in [3.05, 3.63) is 0 Å². The van der Waals surface area contributed by atoms with Gasteiger partial charge >= 0.3 is 6.18 Å². The minimum Gasteiger partial charge on any atom is -0.356 e. The standard InChI is InChI=1S/C12H23F3N4/c1-9(2)6-17-11(16-3)18-10-4-5-19(7-10)8-12(13,14)15/h9-10H,4-8H2,1-3H3,(H2,16,17,18). The molecular formula is C12H23F3N4. The van der Waals surface area contributed by atoms with Crippen LogP contribution in [0.1, 0.15) is 20.3 Å². The summed E-state index contributed by atoms with van der Waals surface area (Å²) in [5, 5.41) is 6.32. The molecule has 1 atom stereocenters. The summed E-state index contributed by atoms with van der Waals surface area (Å²) in [5.74, 6) is 1.15. The molecule has 1 aliphatic rings. The normalized spacial score (nSPS) is 22.1. The second-order valence-electron chi connectivity index (χ2n) is 5.33. The lowest BCUT2D eigenvalue weighted by atomic mass is 10.2. The van der Waals surface area contributed by atoms with Gasteiger partial charge in [0.15, 0.2) is 5.96 Å². The first-order chi connectivity index (χ1) is 8.80. The predicted octanol–water partition coefficient (Wildman–Crippen LogP) is 1.44. The van der Waals surface area contributed by atoms with Crippen molar-refractivity contribution < 1.29 is 13.2 Å². The average molecular weight is 280 g/mol. The lowest BCUT2D eigenvalue weighted by molar-refractivity contribution is -0.143. The molecule has 1 rings (SSSR count). The molecule has 0 aromatic rings. The Labute approximate surface area is 112 Å². The number of nitrogens with zero attached hydrogens (tertiary/aromatic N) is 2. The average Bonchev–Trinajstić information content (AvgIpc) is 2.68. The highest BCUT2D eigenvalue weighted by atomic mass is 19.4. The number of guanidine groups is 1. The van der Waals surface area contributed by atoms with Crippen molar-refractivity contribution in [2.45, 2.75) is 32.5 Å². The van der Waals surface area contributed by atoms with E-state index in [4.69, 9.17) is 0 Å². The molecule has 7 heteroatoms. The minimum absolute atomic E-state index is 0.0284. The molecule has 1 unspecified atom stereocenters. The third kappa shape index (κ3) is 6.66. The Kier molecular flexibility index (Phi) is 5.90. The first kappa shape index (κ1) is 16.1. The number of alkyl halides is 3. The molecule has 0 radical (unpaired) electrons. The number of rotatable bonds is 4. The summed E-state index contributed by atoms with van der Waals surface area (Å²) >= 11 is 0. The number of aliphatic imine (C=N–C) groups is 1. The van der Waals surface area contributed by atoms with Crippen LogP contribution in [0.15, 0.2) is 4.99 Å². The van der Waals surface area contributed by atoms with Crippen LogP contribution in [-0.4, -0.2) is 56.3 Å². The molecule has 0 aromatic heterocycles. The fourth-order valence-electron chi connectivity index (χ4n) is 2.04. The van der Waals surface area contributed by atoms with Crippen LogP contribution < -0.4 is 10.6 Å². The highest BCUT2D eigenvalue weighted by Gasteiger charge is 2.34. The van der Waals surface area contributed by atoms with Gasteiger partial charge in [0.05, 0.1) is 6.54 Å². The van der Waals surface area contributed by atoms with Crippen molar-refractivity contribution in [3.63, 3.8) is 0 Å². The van der Waals surface area contributed by atoms with Crippen LogP contribution in [-0.2, 0) is 0 Å². The molecule has 0 aromatic carbocycles. The number of halogens is 3. The highest BCUT2D eigenvalue weighted by molar-refractivity contribution is 5.80. The number of likely N-dealkylation sites (tertiary alicyclic amines) is 1. The third-order valence-corrected chi connectivity index (χ3v) is 2.92. The zero-order chi connectivity index (χ0) is 14.5. The van der Waals surface area contributed by atoms with Gasteiger partial charge in [-0.15, -0.1) is 0 Å². The molecule has 2 N–H and O–H groups in total. The monoisotopic (exact) mass is 280 g/mol. The van der Waals surface area contributed by atoms with Crippen LogP contribution in [0.25, 0.3) is 0 Å². The van der Waals surface area contributed by atoms with Gasteiger partial charge in [-0.05, 0) is 12.3 Å². The van der Waals surface area contributed by atoms with E-state index in [1.54, 1.807) is 7.05 Å². The van der Waals surface area contributed by atoms with Crippen LogP contribution in [0.5, 0.6) is 0 Å². The second kappa shape index (κ2) is 6.98. The Morgan fingerprint density at radius 1 is 1.42 bits per heavy atom. The molecule has 0 amide bonds. The van der Waals surface area contributed by atoms with Crippen LogP contribution in [0.2, 0.25) is 0 Å². The van der Waals surface area contributed by atoms with E-state index in [1.807, 2.05) is 0 Å². The van der Waals surface area contributed by atoms with Gasteiger partial charge in [-0.2, -0.15) is 13.2 Å².